The van der Waals surface area contributed by atoms with Gasteiger partial charge in [0.1, 0.15) is 5.75 Å². The molecule has 0 spiro atoms. The lowest BCUT2D eigenvalue weighted by molar-refractivity contribution is -0.120. The second kappa shape index (κ2) is 6.91. The Hall–Kier alpha value is -1.07. The molecule has 1 amide bonds. The minimum Gasteiger partial charge on any atom is -0.496 e. The van der Waals surface area contributed by atoms with E-state index in [4.69, 9.17) is 10.5 Å². The van der Waals surface area contributed by atoms with E-state index in [0.717, 1.165) is 15.8 Å². The number of nitrogens with one attached hydrogen (secondary N) is 1. The molecular formula is C14H21BrN2O2. The first-order valence-electron chi connectivity index (χ1n) is 6.17. The van der Waals surface area contributed by atoms with Gasteiger partial charge in [-0.2, -0.15) is 0 Å². The van der Waals surface area contributed by atoms with Gasteiger partial charge in [0.05, 0.1) is 13.5 Å². The van der Waals surface area contributed by atoms with Gasteiger partial charge in [0.25, 0.3) is 0 Å². The zero-order chi connectivity index (χ0) is 14.5. The molecule has 1 aromatic rings. The van der Waals surface area contributed by atoms with E-state index in [0.29, 0.717) is 19.5 Å². The summed E-state index contributed by atoms with van der Waals surface area (Å²) in [7, 11) is 1.60. The van der Waals surface area contributed by atoms with Gasteiger partial charge in [0.2, 0.25) is 5.91 Å². The summed E-state index contributed by atoms with van der Waals surface area (Å²) in [6.45, 7) is 5.14. The van der Waals surface area contributed by atoms with Crippen LogP contribution in [0.25, 0.3) is 0 Å². The number of amides is 1. The lowest BCUT2D eigenvalue weighted by Crippen LogP contribution is -2.39. The van der Waals surface area contributed by atoms with Crippen LogP contribution >= 0.6 is 15.9 Å². The largest absolute Gasteiger partial charge is 0.496 e. The van der Waals surface area contributed by atoms with Crippen molar-refractivity contribution < 1.29 is 9.53 Å². The normalized spacial score (nSPS) is 11.2. The summed E-state index contributed by atoms with van der Waals surface area (Å²) >= 11 is 3.39. The molecule has 0 unspecified atom stereocenters. The lowest BCUT2D eigenvalue weighted by Gasteiger charge is -2.22. The van der Waals surface area contributed by atoms with Gasteiger partial charge in [-0.3, -0.25) is 4.79 Å². The van der Waals surface area contributed by atoms with Crippen LogP contribution in [-0.4, -0.2) is 26.1 Å². The van der Waals surface area contributed by atoms with Crippen LogP contribution in [0, 0.1) is 5.41 Å². The number of halogens is 1. The first-order valence-corrected chi connectivity index (χ1v) is 6.96. The van der Waals surface area contributed by atoms with E-state index in [1.807, 2.05) is 32.0 Å². The summed E-state index contributed by atoms with van der Waals surface area (Å²) in [5.74, 6) is 0.689. The Labute approximate surface area is 122 Å². The fourth-order valence-electron chi connectivity index (χ4n) is 1.53. The van der Waals surface area contributed by atoms with Gasteiger partial charge in [-0.15, -0.1) is 0 Å². The Morgan fingerprint density at radius 3 is 2.74 bits per heavy atom. The standard InChI is InChI=1S/C14H21BrN2O2/c1-14(2,8-16)9-17-13(18)7-10-6-11(15)4-5-12(10)19-3/h4-6H,7-9,16H2,1-3H3,(H,17,18). The van der Waals surface area contributed by atoms with Crippen molar-refractivity contribution in [1.29, 1.82) is 0 Å². The molecule has 0 aliphatic carbocycles. The minimum atomic E-state index is -0.0863. The molecule has 1 aromatic carbocycles. The molecule has 3 N–H and O–H groups in total. The number of carbonyl (C=O) groups excluding carboxylic acids is 1. The van der Waals surface area contributed by atoms with E-state index in [-0.39, 0.29) is 11.3 Å². The highest BCUT2D eigenvalue weighted by Crippen LogP contribution is 2.23. The molecule has 1 rings (SSSR count). The van der Waals surface area contributed by atoms with Crippen LogP contribution in [0.15, 0.2) is 22.7 Å². The third-order valence-electron chi connectivity index (χ3n) is 2.91. The highest BCUT2D eigenvalue weighted by molar-refractivity contribution is 9.10. The summed E-state index contributed by atoms with van der Waals surface area (Å²) in [6, 6.07) is 5.63. The smallest absolute Gasteiger partial charge is 0.224 e. The van der Waals surface area contributed by atoms with E-state index >= 15 is 0 Å². The summed E-state index contributed by atoms with van der Waals surface area (Å²) < 4.78 is 6.18. The van der Waals surface area contributed by atoms with Crippen molar-refractivity contribution >= 4 is 21.8 Å². The molecule has 0 saturated carbocycles. The first kappa shape index (κ1) is 16.0. The molecule has 0 aliphatic heterocycles. The van der Waals surface area contributed by atoms with Crippen LogP contribution in [0.4, 0.5) is 0 Å². The summed E-state index contributed by atoms with van der Waals surface area (Å²) in [4.78, 5) is 11.9. The van der Waals surface area contributed by atoms with Crippen molar-refractivity contribution in [3.05, 3.63) is 28.2 Å². The van der Waals surface area contributed by atoms with E-state index in [1.165, 1.54) is 0 Å². The molecule has 4 nitrogen and oxygen atoms in total. The Kier molecular flexibility index (Phi) is 5.82. The fraction of sp³-hybridized carbons (Fsp3) is 0.500. The Balaban J connectivity index is 2.64. The van der Waals surface area contributed by atoms with Gasteiger partial charge in [0.15, 0.2) is 0 Å². The Bertz CT molecular complexity index is 447. The number of carbonyl (C=O) groups is 1. The van der Waals surface area contributed by atoms with Crippen LogP contribution in [0.5, 0.6) is 5.75 Å². The molecule has 0 aromatic heterocycles. The zero-order valence-electron chi connectivity index (χ0n) is 11.6. The summed E-state index contributed by atoms with van der Waals surface area (Å²) in [5.41, 5.74) is 6.41. The molecule has 0 fully saturated rings. The molecule has 0 saturated heterocycles. The molecule has 0 atom stereocenters. The van der Waals surface area contributed by atoms with Crippen molar-refractivity contribution in [2.45, 2.75) is 20.3 Å². The number of nitrogens with two attached hydrogens (primary N) is 1. The van der Waals surface area contributed by atoms with Crippen LogP contribution < -0.4 is 15.8 Å². The SMILES string of the molecule is COc1ccc(Br)cc1CC(=O)NCC(C)(C)CN. The molecule has 106 valence electrons. The first-order chi connectivity index (χ1) is 8.88. The molecule has 0 radical (unpaired) electrons. The molecule has 0 heterocycles. The summed E-state index contributed by atoms with van der Waals surface area (Å²) in [5, 5.41) is 2.90. The van der Waals surface area contributed by atoms with Crippen molar-refractivity contribution in [3.8, 4) is 5.75 Å². The number of hydrogen-bond donors (Lipinski definition) is 2. The molecule has 5 heteroatoms. The second-order valence-corrected chi connectivity index (χ2v) is 6.19. The maximum atomic E-state index is 11.9. The second-order valence-electron chi connectivity index (χ2n) is 5.28. The van der Waals surface area contributed by atoms with Gasteiger partial charge >= 0.3 is 0 Å². The van der Waals surface area contributed by atoms with E-state index in [2.05, 4.69) is 21.2 Å². The van der Waals surface area contributed by atoms with Crippen molar-refractivity contribution in [1.82, 2.24) is 5.32 Å². The number of methoxy groups -OCH3 is 1. The van der Waals surface area contributed by atoms with E-state index in [9.17, 15) is 4.79 Å². The number of benzene rings is 1. The minimum absolute atomic E-state index is 0.0297. The van der Waals surface area contributed by atoms with Crippen LogP contribution in [0.1, 0.15) is 19.4 Å². The van der Waals surface area contributed by atoms with Crippen molar-refractivity contribution in [2.24, 2.45) is 11.1 Å². The Morgan fingerprint density at radius 1 is 1.47 bits per heavy atom. The zero-order valence-corrected chi connectivity index (χ0v) is 13.2. The highest BCUT2D eigenvalue weighted by atomic mass is 79.9. The van der Waals surface area contributed by atoms with Crippen molar-refractivity contribution in [2.75, 3.05) is 20.2 Å². The number of ether oxygens (including phenoxy) is 1. The number of rotatable bonds is 6. The highest BCUT2D eigenvalue weighted by Gasteiger charge is 2.17. The van der Waals surface area contributed by atoms with Gasteiger partial charge < -0.3 is 15.8 Å². The topological polar surface area (TPSA) is 64.3 Å². The monoisotopic (exact) mass is 328 g/mol. The average molecular weight is 329 g/mol. The van der Waals surface area contributed by atoms with Crippen LogP contribution in [0.2, 0.25) is 0 Å². The predicted octanol–water partition coefficient (Wildman–Crippen LogP) is 2.10. The maximum absolute atomic E-state index is 11.9. The maximum Gasteiger partial charge on any atom is 0.224 e. The van der Waals surface area contributed by atoms with Gasteiger partial charge in [-0.05, 0) is 30.2 Å². The molecular weight excluding hydrogens is 308 g/mol. The van der Waals surface area contributed by atoms with Gasteiger partial charge in [-0.1, -0.05) is 29.8 Å². The number of hydrogen-bond acceptors (Lipinski definition) is 3. The van der Waals surface area contributed by atoms with Crippen LogP contribution in [-0.2, 0) is 11.2 Å². The van der Waals surface area contributed by atoms with Gasteiger partial charge in [-0.25, -0.2) is 0 Å². The average Bonchev–Trinajstić information content (AvgIpc) is 2.37. The Morgan fingerprint density at radius 2 is 2.16 bits per heavy atom. The quantitative estimate of drug-likeness (QED) is 0.840. The fourth-order valence-corrected chi connectivity index (χ4v) is 1.94. The molecule has 0 aliphatic rings. The third-order valence-corrected chi connectivity index (χ3v) is 3.40. The predicted molar refractivity (Wildman–Crippen MR) is 80.2 cm³/mol. The van der Waals surface area contributed by atoms with Crippen molar-refractivity contribution in [3.63, 3.8) is 0 Å². The molecule has 0 bridgehead atoms. The summed E-state index contributed by atoms with van der Waals surface area (Å²) in [6.07, 6.45) is 0.295. The van der Waals surface area contributed by atoms with Gasteiger partial charge in [0, 0.05) is 16.6 Å². The third kappa shape index (κ3) is 5.20. The molecule has 19 heavy (non-hydrogen) atoms. The lowest BCUT2D eigenvalue weighted by atomic mass is 9.94. The van der Waals surface area contributed by atoms with E-state index in [1.54, 1.807) is 7.11 Å². The van der Waals surface area contributed by atoms with E-state index < -0.39 is 0 Å². The van der Waals surface area contributed by atoms with Crippen LogP contribution in [0.3, 0.4) is 0 Å².